The van der Waals surface area contributed by atoms with E-state index < -0.39 is 75.7 Å². The maximum atomic E-state index is 12.8. The van der Waals surface area contributed by atoms with Gasteiger partial charge < -0.3 is 39.9 Å². The van der Waals surface area contributed by atoms with Gasteiger partial charge >= 0.3 is 19.8 Å². The van der Waals surface area contributed by atoms with E-state index in [0.29, 0.717) is 19.3 Å². The first kappa shape index (κ1) is 58.0. The fourth-order valence-corrected chi connectivity index (χ4v) is 7.41. The third-order valence-electron chi connectivity index (χ3n) is 10.3. The Kier molecular flexibility index (Phi) is 35.3. The van der Waals surface area contributed by atoms with Crippen LogP contribution in [0.4, 0.5) is 0 Å². The van der Waals surface area contributed by atoms with Crippen molar-refractivity contribution >= 4 is 19.8 Å². The Hall–Kier alpha value is -2.97. The molecule has 1 saturated carbocycles. The molecule has 13 nitrogen and oxygen atoms in total. The highest BCUT2D eigenvalue weighted by atomic mass is 31.2. The molecular formula is C49H81O13P. The minimum Gasteiger partial charge on any atom is -0.462 e. The molecule has 6 unspecified atom stereocenters. The lowest BCUT2D eigenvalue weighted by atomic mass is 9.85. The molecule has 1 fully saturated rings. The van der Waals surface area contributed by atoms with E-state index in [4.69, 9.17) is 18.5 Å². The van der Waals surface area contributed by atoms with Gasteiger partial charge in [-0.1, -0.05) is 150 Å². The standard InChI is InChI=1S/C49H81O13P/c1-3-5-7-9-11-13-15-17-19-20-21-22-24-25-27-29-31-33-35-37-42(50)59-39-41(40-60-63(57,58)62-49-47(55)45(53)44(52)46(54)48(49)56)61-43(51)38-36-34-32-30-28-26-23-18-16-14-12-10-8-6-4-2/h11,13-14,16-19,21-23,25,27,31,33,41,44-49,52-56H,3-10,12,15,20,24,26,28-30,32,34-40H2,1-2H3,(H,57,58)/b13-11+,16-14+,19-17+,22-21+,23-18+,27-25+,33-31+/t41-,44?,45-,46?,47?,48?,49?/m0/s1. The van der Waals surface area contributed by atoms with E-state index >= 15 is 0 Å². The lowest BCUT2D eigenvalue weighted by Gasteiger charge is -2.41. The molecule has 1 rings (SSSR count). The Morgan fingerprint density at radius 1 is 0.508 bits per heavy atom. The summed E-state index contributed by atoms with van der Waals surface area (Å²) in [5.41, 5.74) is 0. The van der Waals surface area contributed by atoms with Crippen LogP contribution in [0.15, 0.2) is 85.1 Å². The average molecular weight is 909 g/mol. The molecule has 63 heavy (non-hydrogen) atoms. The molecule has 0 saturated heterocycles. The van der Waals surface area contributed by atoms with Crippen LogP contribution in [0.1, 0.15) is 155 Å². The summed E-state index contributed by atoms with van der Waals surface area (Å²) in [4.78, 5) is 35.7. The molecule has 6 N–H and O–H groups in total. The number of hydrogen-bond donors (Lipinski definition) is 6. The molecule has 0 amide bonds. The smallest absolute Gasteiger partial charge is 0.462 e. The number of allylic oxidation sites excluding steroid dienone is 14. The summed E-state index contributed by atoms with van der Waals surface area (Å²) in [6.45, 7) is 3.16. The molecule has 8 atom stereocenters. The van der Waals surface area contributed by atoms with Crippen LogP contribution in [0.2, 0.25) is 0 Å². The molecule has 14 heteroatoms. The maximum Gasteiger partial charge on any atom is 0.472 e. The van der Waals surface area contributed by atoms with Crippen LogP contribution in [0, 0.1) is 0 Å². The molecule has 1 aliphatic carbocycles. The van der Waals surface area contributed by atoms with E-state index in [1.54, 1.807) is 0 Å². The normalized spacial score (nSPS) is 22.5. The van der Waals surface area contributed by atoms with Gasteiger partial charge in [-0.2, -0.15) is 0 Å². The highest BCUT2D eigenvalue weighted by molar-refractivity contribution is 7.47. The summed E-state index contributed by atoms with van der Waals surface area (Å²) < 4.78 is 33.4. The second kappa shape index (κ2) is 38.3. The summed E-state index contributed by atoms with van der Waals surface area (Å²) in [6, 6.07) is 0. The van der Waals surface area contributed by atoms with Crippen molar-refractivity contribution in [1.82, 2.24) is 0 Å². The van der Waals surface area contributed by atoms with Crippen molar-refractivity contribution in [2.24, 2.45) is 0 Å². The van der Waals surface area contributed by atoms with Gasteiger partial charge in [-0.15, -0.1) is 0 Å². The lowest BCUT2D eigenvalue weighted by Crippen LogP contribution is -2.64. The van der Waals surface area contributed by atoms with Gasteiger partial charge in [-0.05, 0) is 77.0 Å². The van der Waals surface area contributed by atoms with Crippen LogP contribution in [-0.4, -0.2) is 98.3 Å². The quantitative estimate of drug-likeness (QED) is 0.0113. The van der Waals surface area contributed by atoms with E-state index in [1.165, 1.54) is 44.9 Å². The van der Waals surface area contributed by atoms with E-state index in [9.17, 15) is 44.6 Å². The van der Waals surface area contributed by atoms with Gasteiger partial charge in [0.25, 0.3) is 0 Å². The maximum absolute atomic E-state index is 12.8. The molecule has 0 spiro atoms. The third-order valence-corrected chi connectivity index (χ3v) is 11.2. The molecule has 0 bridgehead atoms. The number of rotatable bonds is 37. The largest absolute Gasteiger partial charge is 0.472 e. The number of aliphatic hydroxyl groups excluding tert-OH is 5. The van der Waals surface area contributed by atoms with E-state index in [2.05, 4.69) is 80.7 Å². The predicted octanol–water partition coefficient (Wildman–Crippen LogP) is 9.28. The van der Waals surface area contributed by atoms with Crippen molar-refractivity contribution in [3.05, 3.63) is 85.1 Å². The van der Waals surface area contributed by atoms with Crippen molar-refractivity contribution in [3.63, 3.8) is 0 Å². The fraction of sp³-hybridized carbons (Fsp3) is 0.673. The Morgan fingerprint density at radius 2 is 0.937 bits per heavy atom. The molecule has 0 aliphatic heterocycles. The Balaban J connectivity index is 2.53. The van der Waals surface area contributed by atoms with Gasteiger partial charge in [0.1, 0.15) is 43.2 Å². The van der Waals surface area contributed by atoms with Gasteiger partial charge in [0.15, 0.2) is 6.10 Å². The fourth-order valence-electron chi connectivity index (χ4n) is 6.44. The van der Waals surface area contributed by atoms with Gasteiger partial charge in [0, 0.05) is 12.8 Å². The second-order valence-corrected chi connectivity index (χ2v) is 17.3. The molecule has 0 heterocycles. The first-order chi connectivity index (χ1) is 30.4. The minimum atomic E-state index is -5.14. The third kappa shape index (κ3) is 30.7. The summed E-state index contributed by atoms with van der Waals surface area (Å²) in [5.74, 6) is -1.22. The van der Waals surface area contributed by atoms with Crippen LogP contribution in [0.3, 0.4) is 0 Å². The lowest BCUT2D eigenvalue weighted by molar-refractivity contribution is -0.220. The average Bonchev–Trinajstić information content (AvgIpc) is 3.26. The van der Waals surface area contributed by atoms with Gasteiger partial charge in [0.05, 0.1) is 6.61 Å². The highest BCUT2D eigenvalue weighted by Crippen LogP contribution is 2.47. The van der Waals surface area contributed by atoms with E-state index in [1.807, 2.05) is 18.2 Å². The zero-order valence-electron chi connectivity index (χ0n) is 38.1. The van der Waals surface area contributed by atoms with Gasteiger partial charge in [-0.3, -0.25) is 18.6 Å². The van der Waals surface area contributed by atoms with Gasteiger partial charge in [-0.25, -0.2) is 4.57 Å². The van der Waals surface area contributed by atoms with Crippen molar-refractivity contribution in [3.8, 4) is 0 Å². The highest BCUT2D eigenvalue weighted by Gasteiger charge is 2.51. The molecule has 0 radical (unpaired) electrons. The first-order valence-corrected chi connectivity index (χ1v) is 24.9. The van der Waals surface area contributed by atoms with Crippen molar-refractivity contribution in [2.45, 2.75) is 198 Å². The van der Waals surface area contributed by atoms with Crippen LogP contribution >= 0.6 is 7.82 Å². The van der Waals surface area contributed by atoms with Crippen LogP contribution < -0.4 is 0 Å². The first-order valence-electron chi connectivity index (χ1n) is 23.4. The number of unbranched alkanes of at least 4 members (excludes halogenated alkanes) is 12. The Labute approximate surface area is 378 Å². The number of carbonyl (C=O) groups excluding carboxylic acids is 2. The zero-order valence-corrected chi connectivity index (χ0v) is 39.0. The molecule has 0 aromatic carbocycles. The summed E-state index contributed by atoms with van der Waals surface area (Å²) in [5, 5.41) is 50.1. The monoisotopic (exact) mass is 909 g/mol. The van der Waals surface area contributed by atoms with E-state index in [0.717, 1.165) is 64.2 Å². The summed E-state index contributed by atoms with van der Waals surface area (Å²) in [7, 11) is -5.14. The number of phosphoric acid groups is 1. The Bertz CT molecular complexity index is 1420. The number of phosphoric ester groups is 1. The molecule has 0 aromatic rings. The van der Waals surface area contributed by atoms with Crippen molar-refractivity contribution < 1.29 is 63.1 Å². The van der Waals surface area contributed by atoms with Crippen LogP contribution in [-0.2, 0) is 32.7 Å². The minimum absolute atomic E-state index is 0.0355. The van der Waals surface area contributed by atoms with Crippen LogP contribution in [0.5, 0.6) is 0 Å². The topological polar surface area (TPSA) is 210 Å². The number of ether oxygens (including phenoxy) is 2. The SMILES string of the molecule is CCCCC/C=C/C/C=C/C/C=C/C/C=C/C/C=C/CCC(=O)OC[C@@H](COP(=O)(O)OC1C(O)C(O)C(O)[C@H](O)C1O)OC(=O)CCCCCCC/C=C/C=C/CCCCCC. The molecule has 1 aliphatic rings. The summed E-state index contributed by atoms with van der Waals surface area (Å²) in [6.07, 6.45) is 36.4. The van der Waals surface area contributed by atoms with Gasteiger partial charge in [0.2, 0.25) is 0 Å². The Morgan fingerprint density at radius 3 is 1.49 bits per heavy atom. The van der Waals surface area contributed by atoms with E-state index in [-0.39, 0.29) is 12.8 Å². The number of hydrogen-bond acceptors (Lipinski definition) is 12. The zero-order chi connectivity index (χ0) is 46.4. The molecule has 360 valence electrons. The summed E-state index contributed by atoms with van der Waals surface area (Å²) >= 11 is 0. The van der Waals surface area contributed by atoms with Crippen molar-refractivity contribution in [1.29, 1.82) is 0 Å². The second-order valence-electron chi connectivity index (χ2n) is 15.9. The predicted molar refractivity (Wildman–Crippen MR) is 248 cm³/mol. The molecule has 0 aromatic heterocycles. The number of esters is 2. The number of aliphatic hydroxyl groups is 5. The molecular weight excluding hydrogens is 827 g/mol. The number of carbonyl (C=O) groups is 2. The van der Waals surface area contributed by atoms with Crippen molar-refractivity contribution in [2.75, 3.05) is 13.2 Å². The van der Waals surface area contributed by atoms with Crippen LogP contribution in [0.25, 0.3) is 0 Å².